The van der Waals surface area contributed by atoms with Gasteiger partial charge in [-0.1, -0.05) is 22.0 Å². The van der Waals surface area contributed by atoms with E-state index >= 15 is 0 Å². The van der Waals surface area contributed by atoms with Crippen molar-refractivity contribution in [1.29, 1.82) is 0 Å². The van der Waals surface area contributed by atoms with Crippen LogP contribution in [-0.4, -0.2) is 88.3 Å². The van der Waals surface area contributed by atoms with Gasteiger partial charge < -0.3 is 29.6 Å². The lowest BCUT2D eigenvalue weighted by atomic mass is 9.70. The predicted molar refractivity (Wildman–Crippen MR) is 135 cm³/mol. The van der Waals surface area contributed by atoms with E-state index in [1.807, 2.05) is 24.3 Å². The quantitative estimate of drug-likeness (QED) is 0.338. The molecule has 3 saturated heterocycles. The highest BCUT2D eigenvalue weighted by Gasteiger charge is 2.76. The predicted octanol–water partition coefficient (Wildman–Crippen LogP) is 1.88. The van der Waals surface area contributed by atoms with Gasteiger partial charge in [0.05, 0.1) is 24.5 Å². The minimum atomic E-state index is -1.27. The Labute approximate surface area is 213 Å². The van der Waals surface area contributed by atoms with Crippen LogP contribution in [0.3, 0.4) is 0 Å². The maximum atomic E-state index is 14.2. The van der Waals surface area contributed by atoms with Crippen molar-refractivity contribution < 1.29 is 29.3 Å². The number of carboxylic acids is 1. The highest BCUT2D eigenvalue weighted by atomic mass is 79.9. The van der Waals surface area contributed by atoms with Crippen molar-refractivity contribution in [2.75, 3.05) is 42.6 Å². The van der Waals surface area contributed by atoms with E-state index in [0.29, 0.717) is 12.1 Å². The first-order valence-corrected chi connectivity index (χ1v) is 12.9. The van der Waals surface area contributed by atoms with Gasteiger partial charge >= 0.3 is 5.97 Å². The Hall–Kier alpha value is -2.43. The fourth-order valence-electron chi connectivity index (χ4n) is 6.07. The van der Waals surface area contributed by atoms with E-state index in [2.05, 4.69) is 41.3 Å². The van der Waals surface area contributed by atoms with Crippen LogP contribution >= 0.6 is 15.9 Å². The number of alkyl halides is 1. The van der Waals surface area contributed by atoms with Crippen LogP contribution in [0.1, 0.15) is 20.3 Å². The molecule has 190 valence electrons. The van der Waals surface area contributed by atoms with Crippen LogP contribution in [0.15, 0.2) is 36.9 Å². The second kappa shape index (κ2) is 9.91. The second-order valence-electron chi connectivity index (χ2n) is 9.18. The molecule has 3 fully saturated rings. The van der Waals surface area contributed by atoms with Crippen LogP contribution in [0.5, 0.6) is 0 Å². The number of aliphatic hydroxyl groups excluding tert-OH is 1. The summed E-state index contributed by atoms with van der Waals surface area (Å²) < 4.78 is 6.24. The zero-order valence-electron chi connectivity index (χ0n) is 20.0. The number of fused-ring (bicyclic) bond motifs is 1. The standard InChI is InChI=1S/C25H32BrN3O6/c1-4-11-28(16-9-7-15(8-10-16)27(5-2)6-3)23(32)21-25-14-17(26)20(35-25)18(24(33)34)19(25)22(31)29(21)12-13-30/h4,7-10,17-21,30H,1,5-6,11-14H2,2-3H3,(H,33,34)/t17?,18-,19-,20-,21?,25?/m0/s1. The number of hydrogen-bond acceptors (Lipinski definition) is 6. The number of halogens is 1. The van der Waals surface area contributed by atoms with Crippen LogP contribution < -0.4 is 9.80 Å². The number of benzene rings is 1. The lowest BCUT2D eigenvalue weighted by Gasteiger charge is -2.37. The minimum absolute atomic E-state index is 0.0797. The molecule has 10 heteroatoms. The molecule has 1 aromatic carbocycles. The third kappa shape index (κ3) is 3.95. The van der Waals surface area contributed by atoms with Gasteiger partial charge in [-0.15, -0.1) is 6.58 Å². The van der Waals surface area contributed by atoms with Crippen molar-refractivity contribution in [1.82, 2.24) is 4.90 Å². The van der Waals surface area contributed by atoms with E-state index in [4.69, 9.17) is 4.74 Å². The maximum Gasteiger partial charge on any atom is 0.310 e. The van der Waals surface area contributed by atoms with Gasteiger partial charge in [0.2, 0.25) is 5.91 Å². The number of nitrogens with zero attached hydrogens (tertiary/aromatic N) is 3. The van der Waals surface area contributed by atoms with Crippen molar-refractivity contribution in [2.45, 2.75) is 42.8 Å². The summed E-state index contributed by atoms with van der Waals surface area (Å²) in [7, 11) is 0. The number of rotatable bonds is 10. The monoisotopic (exact) mass is 549 g/mol. The zero-order chi connectivity index (χ0) is 25.5. The second-order valence-corrected chi connectivity index (χ2v) is 10.4. The van der Waals surface area contributed by atoms with Gasteiger partial charge in [0.25, 0.3) is 5.91 Å². The third-order valence-electron chi connectivity index (χ3n) is 7.52. The molecule has 3 aliphatic heterocycles. The molecule has 1 spiro atoms. The largest absolute Gasteiger partial charge is 0.481 e. The first-order valence-electron chi connectivity index (χ1n) is 12.0. The zero-order valence-corrected chi connectivity index (χ0v) is 21.6. The van der Waals surface area contributed by atoms with Gasteiger partial charge in [-0.2, -0.15) is 0 Å². The molecule has 0 aliphatic carbocycles. The Bertz CT molecular complexity index is 999. The molecule has 3 heterocycles. The number of anilines is 2. The molecule has 2 N–H and O–H groups in total. The molecule has 2 amide bonds. The number of β-amino-alcohol motifs (C(OH)–C–C–N with tert-alkyl or cyclic N) is 1. The van der Waals surface area contributed by atoms with Crippen LogP contribution in [0.25, 0.3) is 0 Å². The average Bonchev–Trinajstić information content (AvgIpc) is 3.42. The fourth-order valence-corrected chi connectivity index (χ4v) is 7.01. The van der Waals surface area contributed by atoms with E-state index < -0.39 is 41.5 Å². The first kappa shape index (κ1) is 25.7. The van der Waals surface area contributed by atoms with Crippen molar-refractivity contribution in [3.63, 3.8) is 0 Å². The number of carbonyl (C=O) groups is 3. The van der Waals surface area contributed by atoms with Crippen LogP contribution in [0, 0.1) is 11.8 Å². The molecule has 0 aromatic heterocycles. The number of likely N-dealkylation sites (tertiary alicyclic amines) is 1. The maximum absolute atomic E-state index is 14.2. The molecule has 0 radical (unpaired) electrons. The Morgan fingerprint density at radius 1 is 1.26 bits per heavy atom. The minimum Gasteiger partial charge on any atom is -0.481 e. The van der Waals surface area contributed by atoms with Gasteiger partial charge in [-0.3, -0.25) is 14.4 Å². The molecule has 35 heavy (non-hydrogen) atoms. The van der Waals surface area contributed by atoms with Crippen LogP contribution in [0.2, 0.25) is 0 Å². The molecule has 3 aliphatic rings. The topological polar surface area (TPSA) is 111 Å². The highest BCUT2D eigenvalue weighted by molar-refractivity contribution is 9.09. The molecule has 2 bridgehead atoms. The lowest BCUT2D eigenvalue weighted by Crippen LogP contribution is -2.57. The summed E-state index contributed by atoms with van der Waals surface area (Å²) in [6.45, 7) is 9.42. The smallest absolute Gasteiger partial charge is 0.310 e. The Morgan fingerprint density at radius 2 is 1.89 bits per heavy atom. The van der Waals surface area contributed by atoms with Gasteiger partial charge in [0.1, 0.15) is 11.6 Å². The summed E-state index contributed by atoms with van der Waals surface area (Å²) in [6.07, 6.45) is 1.24. The summed E-state index contributed by atoms with van der Waals surface area (Å²) in [5.74, 6) is -3.99. The number of aliphatic hydroxyl groups is 1. The Balaban J connectivity index is 1.74. The molecule has 1 aromatic rings. The van der Waals surface area contributed by atoms with Gasteiger partial charge in [0, 0.05) is 42.4 Å². The van der Waals surface area contributed by atoms with Crippen molar-refractivity contribution in [3.05, 3.63) is 36.9 Å². The van der Waals surface area contributed by atoms with E-state index in [-0.39, 0.29) is 30.4 Å². The molecular formula is C25H32BrN3O6. The Kier molecular flexibility index (Phi) is 7.26. The molecular weight excluding hydrogens is 518 g/mol. The molecule has 4 rings (SSSR count). The molecule has 6 atom stereocenters. The fraction of sp³-hybridized carbons (Fsp3) is 0.560. The highest BCUT2D eigenvalue weighted by Crippen LogP contribution is 2.60. The van der Waals surface area contributed by atoms with Gasteiger partial charge in [-0.05, 0) is 44.5 Å². The van der Waals surface area contributed by atoms with Gasteiger partial charge in [0.15, 0.2) is 0 Å². The number of hydrogen-bond donors (Lipinski definition) is 2. The van der Waals surface area contributed by atoms with E-state index in [9.17, 15) is 24.6 Å². The van der Waals surface area contributed by atoms with Crippen molar-refractivity contribution in [2.24, 2.45) is 11.8 Å². The molecule has 9 nitrogen and oxygen atoms in total. The number of ether oxygens (including phenoxy) is 1. The van der Waals surface area contributed by atoms with Crippen molar-refractivity contribution >= 4 is 45.1 Å². The Morgan fingerprint density at radius 3 is 2.43 bits per heavy atom. The van der Waals surface area contributed by atoms with Crippen LogP contribution in [-0.2, 0) is 19.1 Å². The summed E-state index contributed by atoms with van der Waals surface area (Å²) in [4.78, 5) is 44.5. The van der Waals surface area contributed by atoms with Gasteiger partial charge in [-0.25, -0.2) is 0 Å². The summed E-state index contributed by atoms with van der Waals surface area (Å²) in [5, 5.41) is 19.6. The lowest BCUT2D eigenvalue weighted by molar-refractivity contribution is -0.149. The number of aliphatic carboxylic acids is 1. The summed E-state index contributed by atoms with van der Waals surface area (Å²) in [5.41, 5.74) is 0.400. The summed E-state index contributed by atoms with van der Waals surface area (Å²) in [6, 6.07) is 6.56. The molecule has 0 saturated carbocycles. The van der Waals surface area contributed by atoms with Crippen molar-refractivity contribution in [3.8, 4) is 0 Å². The van der Waals surface area contributed by atoms with E-state index in [1.165, 1.54) is 4.90 Å². The normalized spacial score (nSPS) is 30.9. The summed E-state index contributed by atoms with van der Waals surface area (Å²) >= 11 is 3.53. The van der Waals surface area contributed by atoms with E-state index in [1.54, 1.807) is 11.0 Å². The average molecular weight is 550 g/mol. The van der Waals surface area contributed by atoms with Crippen LogP contribution in [0.4, 0.5) is 11.4 Å². The first-order chi connectivity index (χ1) is 16.7. The third-order valence-corrected chi connectivity index (χ3v) is 8.36. The number of amides is 2. The SMILES string of the molecule is C=CCN(C(=O)C1N(CCO)C(=O)[C@@H]2[C@H](C(=O)O)[C@H]3OC12CC3Br)c1ccc(N(CC)CC)cc1. The molecule has 3 unspecified atom stereocenters. The number of carbonyl (C=O) groups excluding carboxylic acids is 2. The van der Waals surface area contributed by atoms with E-state index in [0.717, 1.165) is 18.8 Å². The number of carboxylic acid groups (broad SMARTS) is 1.